The topological polar surface area (TPSA) is 49.4 Å². The molecule has 0 aliphatic carbocycles. The average molecular weight is 294 g/mol. The summed E-state index contributed by atoms with van der Waals surface area (Å²) in [5, 5.41) is 2.64. The number of nitrogens with zero attached hydrogens (tertiary/aromatic N) is 1. The molecule has 1 unspecified atom stereocenters. The summed E-state index contributed by atoms with van der Waals surface area (Å²) in [5.41, 5.74) is 1.07. The molecule has 2 amide bonds. The highest BCUT2D eigenvalue weighted by atomic mass is 32.1. The van der Waals surface area contributed by atoms with E-state index in [-0.39, 0.29) is 23.6 Å². The van der Waals surface area contributed by atoms with Gasteiger partial charge in [0.15, 0.2) is 0 Å². The van der Waals surface area contributed by atoms with Crippen molar-refractivity contribution in [3.05, 3.63) is 35.9 Å². The van der Waals surface area contributed by atoms with Crippen molar-refractivity contribution in [2.24, 2.45) is 0 Å². The first-order valence-corrected chi connectivity index (χ1v) is 7.31. The summed E-state index contributed by atoms with van der Waals surface area (Å²) in [6.07, 6.45) is 0. The van der Waals surface area contributed by atoms with Crippen LogP contribution in [0.15, 0.2) is 30.3 Å². The molecule has 4 nitrogen and oxygen atoms in total. The third-order valence-electron chi connectivity index (χ3n) is 2.96. The first kappa shape index (κ1) is 16.6. The Hall–Kier alpha value is -1.49. The highest BCUT2D eigenvalue weighted by Gasteiger charge is 2.25. The van der Waals surface area contributed by atoms with Gasteiger partial charge in [-0.25, -0.2) is 0 Å². The molecule has 110 valence electrons. The van der Waals surface area contributed by atoms with Crippen molar-refractivity contribution in [2.45, 2.75) is 39.4 Å². The zero-order valence-electron chi connectivity index (χ0n) is 12.2. The SMILES string of the molecule is CC(=O)NC(CS)C(=O)N(Cc1ccccc1)C(C)C. The molecule has 0 radical (unpaired) electrons. The van der Waals surface area contributed by atoms with Gasteiger partial charge >= 0.3 is 0 Å². The molecular formula is C15H22N2O2S. The van der Waals surface area contributed by atoms with Crippen molar-refractivity contribution in [1.29, 1.82) is 0 Å². The molecule has 0 aliphatic heterocycles. The number of hydrogen-bond acceptors (Lipinski definition) is 3. The van der Waals surface area contributed by atoms with Gasteiger partial charge in [-0.15, -0.1) is 0 Å². The van der Waals surface area contributed by atoms with E-state index in [1.165, 1.54) is 6.92 Å². The molecule has 1 aromatic carbocycles. The lowest BCUT2D eigenvalue weighted by molar-refractivity contribution is -0.137. The van der Waals surface area contributed by atoms with Crippen molar-refractivity contribution in [1.82, 2.24) is 10.2 Å². The van der Waals surface area contributed by atoms with Gasteiger partial charge in [-0.2, -0.15) is 12.6 Å². The minimum absolute atomic E-state index is 0.0545. The van der Waals surface area contributed by atoms with Crippen LogP contribution in [0.2, 0.25) is 0 Å². The van der Waals surface area contributed by atoms with E-state index in [1.807, 2.05) is 44.2 Å². The molecule has 0 saturated carbocycles. The van der Waals surface area contributed by atoms with E-state index < -0.39 is 6.04 Å². The summed E-state index contributed by atoms with van der Waals surface area (Å²) in [6.45, 7) is 5.86. The van der Waals surface area contributed by atoms with Gasteiger partial charge < -0.3 is 10.2 Å². The van der Waals surface area contributed by atoms with Gasteiger partial charge in [0.05, 0.1) is 0 Å². The second-order valence-electron chi connectivity index (χ2n) is 4.98. The van der Waals surface area contributed by atoms with Gasteiger partial charge in [-0.3, -0.25) is 9.59 Å². The molecule has 0 heterocycles. The van der Waals surface area contributed by atoms with E-state index >= 15 is 0 Å². The molecular weight excluding hydrogens is 272 g/mol. The van der Waals surface area contributed by atoms with Gasteiger partial charge in [0.25, 0.3) is 0 Å². The molecule has 1 rings (SSSR count). The number of carbonyl (C=O) groups excluding carboxylic acids is 2. The fraction of sp³-hybridized carbons (Fsp3) is 0.467. The van der Waals surface area contributed by atoms with Crippen molar-refractivity contribution >= 4 is 24.4 Å². The van der Waals surface area contributed by atoms with Gasteiger partial charge in [0, 0.05) is 25.3 Å². The Morgan fingerprint density at radius 3 is 2.30 bits per heavy atom. The number of hydrogen-bond donors (Lipinski definition) is 2. The fourth-order valence-electron chi connectivity index (χ4n) is 1.93. The second kappa shape index (κ2) is 7.94. The van der Waals surface area contributed by atoms with Crippen LogP contribution in [-0.2, 0) is 16.1 Å². The number of amides is 2. The summed E-state index contributed by atoms with van der Waals surface area (Å²) in [7, 11) is 0. The predicted molar refractivity (Wildman–Crippen MR) is 83.6 cm³/mol. The third kappa shape index (κ3) is 4.89. The normalized spacial score (nSPS) is 12.1. The monoisotopic (exact) mass is 294 g/mol. The van der Waals surface area contributed by atoms with Crippen LogP contribution in [0.1, 0.15) is 26.3 Å². The Morgan fingerprint density at radius 1 is 1.25 bits per heavy atom. The van der Waals surface area contributed by atoms with Crippen LogP contribution in [0.25, 0.3) is 0 Å². The average Bonchev–Trinajstić information content (AvgIpc) is 2.42. The predicted octanol–water partition coefficient (Wildman–Crippen LogP) is 1.86. The molecule has 0 aliphatic rings. The van der Waals surface area contributed by atoms with Crippen LogP contribution in [0.4, 0.5) is 0 Å². The minimum Gasteiger partial charge on any atom is -0.344 e. The van der Waals surface area contributed by atoms with E-state index in [0.29, 0.717) is 6.54 Å². The van der Waals surface area contributed by atoms with E-state index in [4.69, 9.17) is 0 Å². The van der Waals surface area contributed by atoms with Crippen LogP contribution < -0.4 is 5.32 Å². The van der Waals surface area contributed by atoms with Crippen LogP contribution in [0.5, 0.6) is 0 Å². The van der Waals surface area contributed by atoms with E-state index in [2.05, 4.69) is 17.9 Å². The summed E-state index contributed by atoms with van der Waals surface area (Å²) in [4.78, 5) is 25.4. The highest BCUT2D eigenvalue weighted by Crippen LogP contribution is 2.10. The maximum Gasteiger partial charge on any atom is 0.246 e. The maximum absolute atomic E-state index is 12.5. The highest BCUT2D eigenvalue weighted by molar-refractivity contribution is 7.80. The van der Waals surface area contributed by atoms with E-state index in [1.54, 1.807) is 4.90 Å². The number of nitrogens with one attached hydrogen (secondary N) is 1. The molecule has 0 spiro atoms. The standard InChI is InChI=1S/C15H22N2O2S/c1-11(2)17(9-13-7-5-4-6-8-13)15(19)14(10-20)16-12(3)18/h4-8,11,14,20H,9-10H2,1-3H3,(H,16,18). The lowest BCUT2D eigenvalue weighted by atomic mass is 10.1. The molecule has 1 aromatic rings. The molecule has 0 aromatic heterocycles. The Morgan fingerprint density at radius 2 is 1.85 bits per heavy atom. The summed E-state index contributed by atoms with van der Waals surface area (Å²) < 4.78 is 0. The molecule has 20 heavy (non-hydrogen) atoms. The molecule has 1 atom stereocenters. The fourth-order valence-corrected chi connectivity index (χ4v) is 2.17. The van der Waals surface area contributed by atoms with Gasteiger partial charge in [-0.05, 0) is 19.4 Å². The van der Waals surface area contributed by atoms with Gasteiger partial charge in [-0.1, -0.05) is 30.3 Å². The first-order valence-electron chi connectivity index (χ1n) is 6.68. The zero-order chi connectivity index (χ0) is 15.1. The Kier molecular flexibility index (Phi) is 6.58. The summed E-state index contributed by atoms with van der Waals surface area (Å²) in [6, 6.07) is 9.28. The van der Waals surface area contributed by atoms with E-state index in [0.717, 1.165) is 5.56 Å². The van der Waals surface area contributed by atoms with Crippen LogP contribution in [0, 0.1) is 0 Å². The van der Waals surface area contributed by atoms with Crippen LogP contribution in [-0.4, -0.2) is 34.6 Å². The van der Waals surface area contributed by atoms with E-state index in [9.17, 15) is 9.59 Å². The lowest BCUT2D eigenvalue weighted by Crippen LogP contribution is -2.50. The van der Waals surface area contributed by atoms with Crippen LogP contribution in [0.3, 0.4) is 0 Å². The van der Waals surface area contributed by atoms with Crippen LogP contribution >= 0.6 is 12.6 Å². The van der Waals surface area contributed by atoms with Crippen molar-refractivity contribution in [3.63, 3.8) is 0 Å². The number of benzene rings is 1. The molecule has 0 saturated heterocycles. The number of thiol groups is 1. The quantitative estimate of drug-likeness (QED) is 0.787. The van der Waals surface area contributed by atoms with Gasteiger partial charge in [0.1, 0.15) is 6.04 Å². The smallest absolute Gasteiger partial charge is 0.246 e. The first-order chi connectivity index (χ1) is 9.45. The Bertz CT molecular complexity index is 448. The van der Waals surface area contributed by atoms with Gasteiger partial charge in [0.2, 0.25) is 11.8 Å². The Labute approximate surface area is 126 Å². The lowest BCUT2D eigenvalue weighted by Gasteiger charge is -2.30. The molecule has 0 fully saturated rings. The maximum atomic E-state index is 12.5. The summed E-state index contributed by atoms with van der Waals surface area (Å²) >= 11 is 4.16. The third-order valence-corrected chi connectivity index (χ3v) is 3.33. The second-order valence-corrected chi connectivity index (χ2v) is 5.35. The van der Waals surface area contributed by atoms with Crippen molar-refractivity contribution < 1.29 is 9.59 Å². The molecule has 1 N–H and O–H groups in total. The minimum atomic E-state index is -0.582. The molecule has 5 heteroatoms. The largest absolute Gasteiger partial charge is 0.344 e. The van der Waals surface area contributed by atoms with Crippen molar-refractivity contribution in [2.75, 3.05) is 5.75 Å². The summed E-state index contributed by atoms with van der Waals surface area (Å²) in [5.74, 6) is -0.0361. The Balaban J connectivity index is 2.84. The number of carbonyl (C=O) groups is 2. The molecule has 0 bridgehead atoms. The number of rotatable bonds is 6. The van der Waals surface area contributed by atoms with Crippen molar-refractivity contribution in [3.8, 4) is 0 Å². The zero-order valence-corrected chi connectivity index (χ0v) is 13.1.